The Kier molecular flexibility index (Phi) is 7.70. The Bertz CT molecular complexity index is 901. The Morgan fingerprint density at radius 1 is 1.11 bits per heavy atom. The number of amides is 2. The normalized spacial score (nSPS) is 10.5. The zero-order valence-electron chi connectivity index (χ0n) is 15.1. The standard InChI is InChI=1S/C19H19BrN4O2S2/c1-13-2-6-15(7-3-13)21-18(25)22-19-24-23-17(28-19)12-27-11-10-26-16-8-4-14(20)5-9-16/h2-9H,10-12H2,1H3,(H2,21,22,24,25). The van der Waals surface area contributed by atoms with Crippen LogP contribution >= 0.6 is 39.0 Å². The molecule has 1 heterocycles. The molecule has 0 bridgehead atoms. The minimum atomic E-state index is -0.331. The summed E-state index contributed by atoms with van der Waals surface area (Å²) in [5, 5.41) is 14.9. The largest absolute Gasteiger partial charge is 0.493 e. The Hall–Kier alpha value is -2.10. The molecule has 2 aromatic carbocycles. The Morgan fingerprint density at radius 3 is 2.61 bits per heavy atom. The summed E-state index contributed by atoms with van der Waals surface area (Å²) in [4.78, 5) is 12.0. The van der Waals surface area contributed by atoms with Crippen molar-refractivity contribution in [3.63, 3.8) is 0 Å². The number of benzene rings is 2. The first-order valence-electron chi connectivity index (χ1n) is 8.52. The molecule has 0 saturated heterocycles. The summed E-state index contributed by atoms with van der Waals surface area (Å²) >= 11 is 6.48. The number of ether oxygens (including phenoxy) is 1. The number of hydrogen-bond acceptors (Lipinski definition) is 6. The topological polar surface area (TPSA) is 76.1 Å². The second-order valence-corrected chi connectivity index (χ2v) is 8.88. The lowest BCUT2D eigenvalue weighted by atomic mass is 10.2. The molecule has 146 valence electrons. The summed E-state index contributed by atoms with van der Waals surface area (Å²) < 4.78 is 6.71. The van der Waals surface area contributed by atoms with Crippen molar-refractivity contribution < 1.29 is 9.53 Å². The quantitative estimate of drug-likeness (QED) is 0.414. The molecule has 6 nitrogen and oxygen atoms in total. The molecular formula is C19H19BrN4O2S2. The van der Waals surface area contributed by atoms with Crippen LogP contribution in [0.25, 0.3) is 0 Å². The van der Waals surface area contributed by atoms with E-state index in [1.54, 1.807) is 11.8 Å². The second kappa shape index (κ2) is 10.4. The number of urea groups is 1. The monoisotopic (exact) mass is 478 g/mol. The molecule has 0 aliphatic rings. The van der Waals surface area contributed by atoms with E-state index in [4.69, 9.17) is 4.74 Å². The van der Waals surface area contributed by atoms with Crippen molar-refractivity contribution in [2.45, 2.75) is 12.7 Å². The van der Waals surface area contributed by atoms with Gasteiger partial charge in [0.2, 0.25) is 5.13 Å². The number of aromatic nitrogens is 2. The number of thioether (sulfide) groups is 1. The molecule has 0 fully saturated rings. The van der Waals surface area contributed by atoms with Crippen LogP contribution in [0.1, 0.15) is 10.6 Å². The van der Waals surface area contributed by atoms with Crippen molar-refractivity contribution >= 4 is 55.9 Å². The molecule has 2 N–H and O–H groups in total. The number of anilines is 2. The first-order chi connectivity index (χ1) is 13.6. The second-order valence-electron chi connectivity index (χ2n) is 5.80. The van der Waals surface area contributed by atoms with Gasteiger partial charge in [-0.2, -0.15) is 11.8 Å². The van der Waals surface area contributed by atoms with Gasteiger partial charge in [-0.25, -0.2) is 4.79 Å². The highest BCUT2D eigenvalue weighted by Gasteiger charge is 2.08. The third kappa shape index (κ3) is 6.81. The summed E-state index contributed by atoms with van der Waals surface area (Å²) in [5.41, 5.74) is 1.87. The Morgan fingerprint density at radius 2 is 1.86 bits per heavy atom. The van der Waals surface area contributed by atoms with Crippen LogP contribution in [0.4, 0.5) is 15.6 Å². The van der Waals surface area contributed by atoms with Crippen molar-refractivity contribution in [2.75, 3.05) is 23.0 Å². The maximum atomic E-state index is 12.0. The van der Waals surface area contributed by atoms with Gasteiger partial charge in [0.1, 0.15) is 10.8 Å². The highest BCUT2D eigenvalue weighted by molar-refractivity contribution is 9.10. The lowest BCUT2D eigenvalue weighted by Gasteiger charge is -2.05. The predicted octanol–water partition coefficient (Wildman–Crippen LogP) is 5.57. The van der Waals surface area contributed by atoms with Gasteiger partial charge in [0, 0.05) is 21.7 Å². The van der Waals surface area contributed by atoms with Gasteiger partial charge >= 0.3 is 6.03 Å². The highest BCUT2D eigenvalue weighted by Crippen LogP contribution is 2.21. The molecule has 0 aliphatic heterocycles. The van der Waals surface area contributed by atoms with Crippen LogP contribution in [-0.2, 0) is 5.75 Å². The summed E-state index contributed by atoms with van der Waals surface area (Å²) in [7, 11) is 0. The Labute approximate surface area is 180 Å². The number of aryl methyl sites for hydroxylation is 1. The molecule has 0 radical (unpaired) electrons. The fraction of sp³-hybridized carbons (Fsp3) is 0.211. The van der Waals surface area contributed by atoms with E-state index in [9.17, 15) is 4.79 Å². The zero-order valence-corrected chi connectivity index (χ0v) is 18.4. The van der Waals surface area contributed by atoms with E-state index in [0.29, 0.717) is 11.7 Å². The van der Waals surface area contributed by atoms with Crippen molar-refractivity contribution in [3.05, 3.63) is 63.6 Å². The van der Waals surface area contributed by atoms with Crippen molar-refractivity contribution in [2.24, 2.45) is 0 Å². The van der Waals surface area contributed by atoms with Gasteiger partial charge in [-0.05, 0) is 43.3 Å². The summed E-state index contributed by atoms with van der Waals surface area (Å²) in [6.07, 6.45) is 0. The van der Waals surface area contributed by atoms with E-state index in [-0.39, 0.29) is 6.03 Å². The van der Waals surface area contributed by atoms with Crippen LogP contribution in [0.15, 0.2) is 53.0 Å². The van der Waals surface area contributed by atoms with Gasteiger partial charge in [-0.3, -0.25) is 5.32 Å². The number of carbonyl (C=O) groups is 1. The Balaban J connectivity index is 1.36. The van der Waals surface area contributed by atoms with Gasteiger partial charge in [0.25, 0.3) is 0 Å². The molecule has 9 heteroatoms. The first-order valence-corrected chi connectivity index (χ1v) is 11.3. The van der Waals surface area contributed by atoms with E-state index in [1.165, 1.54) is 11.3 Å². The van der Waals surface area contributed by atoms with Crippen molar-refractivity contribution in [1.82, 2.24) is 10.2 Å². The number of carbonyl (C=O) groups excluding carboxylic acids is 1. The minimum Gasteiger partial charge on any atom is -0.493 e. The molecule has 0 unspecified atom stereocenters. The van der Waals surface area contributed by atoms with Gasteiger partial charge in [-0.1, -0.05) is 45.0 Å². The molecule has 28 heavy (non-hydrogen) atoms. The van der Waals surface area contributed by atoms with E-state index >= 15 is 0 Å². The maximum absolute atomic E-state index is 12.0. The van der Waals surface area contributed by atoms with Crippen LogP contribution in [0.5, 0.6) is 5.75 Å². The van der Waals surface area contributed by atoms with Crippen LogP contribution in [0, 0.1) is 6.92 Å². The highest BCUT2D eigenvalue weighted by atomic mass is 79.9. The van der Waals surface area contributed by atoms with Gasteiger partial charge in [-0.15, -0.1) is 10.2 Å². The van der Waals surface area contributed by atoms with Crippen molar-refractivity contribution in [1.29, 1.82) is 0 Å². The smallest absolute Gasteiger partial charge is 0.325 e. The third-order valence-electron chi connectivity index (χ3n) is 3.53. The number of halogens is 1. The number of nitrogens with one attached hydrogen (secondary N) is 2. The zero-order chi connectivity index (χ0) is 19.8. The average Bonchev–Trinajstić information content (AvgIpc) is 3.12. The van der Waals surface area contributed by atoms with E-state index in [0.717, 1.165) is 38.0 Å². The van der Waals surface area contributed by atoms with Crippen LogP contribution in [-0.4, -0.2) is 28.6 Å². The van der Waals surface area contributed by atoms with Crippen LogP contribution < -0.4 is 15.4 Å². The number of hydrogen-bond donors (Lipinski definition) is 2. The molecule has 2 amide bonds. The van der Waals surface area contributed by atoms with E-state index < -0.39 is 0 Å². The molecule has 0 atom stereocenters. The van der Waals surface area contributed by atoms with Gasteiger partial charge < -0.3 is 10.1 Å². The third-order valence-corrected chi connectivity index (χ3v) is 6.02. The lowest BCUT2D eigenvalue weighted by Crippen LogP contribution is -2.19. The summed E-state index contributed by atoms with van der Waals surface area (Å²) in [5.74, 6) is 2.42. The molecule has 0 aliphatic carbocycles. The molecule has 0 spiro atoms. The molecule has 3 rings (SSSR count). The lowest BCUT2D eigenvalue weighted by molar-refractivity contribution is 0.262. The SMILES string of the molecule is Cc1ccc(NC(=O)Nc2nnc(CSCCOc3ccc(Br)cc3)s2)cc1. The minimum absolute atomic E-state index is 0.331. The fourth-order valence-electron chi connectivity index (χ4n) is 2.17. The van der Waals surface area contributed by atoms with Crippen molar-refractivity contribution in [3.8, 4) is 5.75 Å². The van der Waals surface area contributed by atoms with E-state index in [1.807, 2.05) is 55.5 Å². The predicted molar refractivity (Wildman–Crippen MR) is 120 cm³/mol. The molecular weight excluding hydrogens is 460 g/mol. The van der Waals surface area contributed by atoms with Crippen LogP contribution in [0.3, 0.4) is 0 Å². The molecule has 3 aromatic rings. The average molecular weight is 479 g/mol. The van der Waals surface area contributed by atoms with Gasteiger partial charge in [0.15, 0.2) is 0 Å². The summed E-state index contributed by atoms with van der Waals surface area (Å²) in [6.45, 7) is 2.62. The van der Waals surface area contributed by atoms with Gasteiger partial charge in [0.05, 0.1) is 6.61 Å². The first kappa shape index (κ1) is 20.6. The van der Waals surface area contributed by atoms with Crippen LogP contribution in [0.2, 0.25) is 0 Å². The number of rotatable bonds is 8. The summed E-state index contributed by atoms with van der Waals surface area (Å²) in [6, 6.07) is 15.0. The number of nitrogens with zero attached hydrogens (tertiary/aromatic N) is 2. The van der Waals surface area contributed by atoms with E-state index in [2.05, 4.69) is 36.8 Å². The molecule has 1 aromatic heterocycles. The maximum Gasteiger partial charge on any atom is 0.325 e. The fourth-order valence-corrected chi connectivity index (χ4v) is 4.03. The molecule has 0 saturated carbocycles.